The summed E-state index contributed by atoms with van der Waals surface area (Å²) in [4.78, 5) is 1.49. The van der Waals surface area contributed by atoms with Crippen molar-refractivity contribution in [1.29, 1.82) is 0 Å². The summed E-state index contributed by atoms with van der Waals surface area (Å²) in [5, 5.41) is 5.87. The van der Waals surface area contributed by atoms with Crippen LogP contribution in [0.2, 0.25) is 0 Å². The summed E-state index contributed by atoms with van der Waals surface area (Å²) in [7, 11) is 0. The summed E-state index contributed by atoms with van der Waals surface area (Å²) in [6.45, 7) is 3.27. The molecule has 1 saturated carbocycles. The van der Waals surface area contributed by atoms with Crippen LogP contribution >= 0.6 is 27.3 Å². The number of hydrogen-bond donors (Lipinski definition) is 1. The van der Waals surface area contributed by atoms with E-state index in [1.54, 1.807) is 0 Å². The van der Waals surface area contributed by atoms with Gasteiger partial charge in [-0.3, -0.25) is 0 Å². The molecular weight excluding hydrogens is 306 g/mol. The molecule has 1 atom stereocenters. The lowest BCUT2D eigenvalue weighted by Gasteiger charge is -2.23. The van der Waals surface area contributed by atoms with Crippen molar-refractivity contribution in [3.8, 4) is 0 Å². The Hall–Kier alpha value is 0.140. The Morgan fingerprint density at radius 2 is 2.06 bits per heavy atom. The molecule has 1 fully saturated rings. The molecule has 0 saturated heterocycles. The summed E-state index contributed by atoms with van der Waals surface area (Å²) >= 11 is 5.57. The minimum atomic E-state index is 0.549. The third kappa shape index (κ3) is 4.07. The summed E-state index contributed by atoms with van der Waals surface area (Å²) in [5.41, 5.74) is 0. The predicted molar refractivity (Wildman–Crippen MR) is 84.2 cm³/mol. The number of nitrogens with one attached hydrogen (secondary N) is 1. The second-order valence-electron chi connectivity index (χ2n) is 5.34. The molecule has 1 aliphatic rings. The molecule has 1 nitrogen and oxygen atoms in total. The van der Waals surface area contributed by atoms with Gasteiger partial charge in [-0.15, -0.1) is 11.3 Å². The molecule has 0 aliphatic heterocycles. The van der Waals surface area contributed by atoms with Crippen molar-refractivity contribution in [2.45, 2.75) is 57.9 Å². The van der Waals surface area contributed by atoms with Crippen molar-refractivity contribution in [2.75, 3.05) is 6.54 Å². The zero-order chi connectivity index (χ0) is 12.8. The second kappa shape index (κ2) is 7.66. The van der Waals surface area contributed by atoms with Crippen molar-refractivity contribution in [2.24, 2.45) is 5.92 Å². The highest BCUT2D eigenvalue weighted by Crippen LogP contribution is 2.36. The maximum atomic E-state index is 3.69. The van der Waals surface area contributed by atoms with Crippen LogP contribution in [-0.4, -0.2) is 6.54 Å². The quantitative estimate of drug-likeness (QED) is 0.701. The van der Waals surface area contributed by atoms with E-state index in [0.29, 0.717) is 6.04 Å². The predicted octanol–water partition coefficient (Wildman–Crippen LogP) is 5.52. The standard InChI is InChI=1S/C15H24BrNS/c1-2-17-14(15-13(16)9-10-18-15)11-12-7-5-3-4-6-8-12/h9-10,12,14,17H,2-8,11H2,1H3. The van der Waals surface area contributed by atoms with Crippen LogP contribution in [0.3, 0.4) is 0 Å². The number of thiophene rings is 1. The van der Waals surface area contributed by atoms with E-state index in [4.69, 9.17) is 0 Å². The van der Waals surface area contributed by atoms with Gasteiger partial charge >= 0.3 is 0 Å². The Morgan fingerprint density at radius 1 is 1.33 bits per heavy atom. The van der Waals surface area contributed by atoms with E-state index < -0.39 is 0 Å². The van der Waals surface area contributed by atoms with Crippen molar-refractivity contribution >= 4 is 27.3 Å². The molecule has 0 spiro atoms. The van der Waals surface area contributed by atoms with E-state index >= 15 is 0 Å². The van der Waals surface area contributed by atoms with Gasteiger partial charge in [0.05, 0.1) is 0 Å². The highest BCUT2D eigenvalue weighted by Gasteiger charge is 2.21. The summed E-state index contributed by atoms with van der Waals surface area (Å²) < 4.78 is 1.28. The van der Waals surface area contributed by atoms with E-state index in [0.717, 1.165) is 12.5 Å². The van der Waals surface area contributed by atoms with Crippen molar-refractivity contribution in [3.05, 3.63) is 20.8 Å². The van der Waals surface area contributed by atoms with E-state index in [9.17, 15) is 0 Å². The van der Waals surface area contributed by atoms with Crippen LogP contribution in [0.15, 0.2) is 15.9 Å². The highest BCUT2D eigenvalue weighted by molar-refractivity contribution is 9.10. The van der Waals surface area contributed by atoms with Gasteiger partial charge in [-0.1, -0.05) is 45.4 Å². The molecule has 1 aliphatic carbocycles. The van der Waals surface area contributed by atoms with E-state index in [2.05, 4.69) is 39.6 Å². The lowest BCUT2D eigenvalue weighted by molar-refractivity contribution is 0.362. The van der Waals surface area contributed by atoms with Crippen LogP contribution in [0.1, 0.15) is 62.8 Å². The molecule has 1 unspecified atom stereocenters. The fourth-order valence-corrected chi connectivity index (χ4v) is 4.76. The largest absolute Gasteiger partial charge is 0.309 e. The Labute approximate surface area is 123 Å². The first-order valence-corrected chi connectivity index (χ1v) is 8.94. The summed E-state index contributed by atoms with van der Waals surface area (Å²) in [6.07, 6.45) is 9.96. The lowest BCUT2D eigenvalue weighted by Crippen LogP contribution is -2.23. The van der Waals surface area contributed by atoms with Crippen molar-refractivity contribution < 1.29 is 0 Å². The molecule has 2 rings (SSSR count). The van der Waals surface area contributed by atoms with Crippen LogP contribution in [0.4, 0.5) is 0 Å². The fourth-order valence-electron chi connectivity index (χ4n) is 3.02. The molecule has 1 N–H and O–H groups in total. The topological polar surface area (TPSA) is 12.0 Å². The van der Waals surface area contributed by atoms with Crippen molar-refractivity contribution in [3.63, 3.8) is 0 Å². The van der Waals surface area contributed by atoms with E-state index in [-0.39, 0.29) is 0 Å². The monoisotopic (exact) mass is 329 g/mol. The molecule has 102 valence electrons. The van der Waals surface area contributed by atoms with E-state index in [1.807, 2.05) is 11.3 Å². The first-order chi connectivity index (χ1) is 8.81. The van der Waals surface area contributed by atoms with E-state index in [1.165, 1.54) is 54.3 Å². The molecular formula is C15H24BrNS. The number of hydrogen-bond acceptors (Lipinski definition) is 2. The molecule has 1 heterocycles. The number of rotatable bonds is 5. The van der Waals surface area contributed by atoms with Crippen LogP contribution < -0.4 is 5.32 Å². The first-order valence-electron chi connectivity index (χ1n) is 7.27. The fraction of sp³-hybridized carbons (Fsp3) is 0.733. The molecule has 0 aromatic carbocycles. The third-order valence-electron chi connectivity index (χ3n) is 3.96. The highest BCUT2D eigenvalue weighted by atomic mass is 79.9. The minimum absolute atomic E-state index is 0.549. The lowest BCUT2D eigenvalue weighted by atomic mass is 9.92. The molecule has 0 radical (unpaired) electrons. The van der Waals surface area contributed by atoms with Crippen LogP contribution in [0, 0.1) is 5.92 Å². The van der Waals surface area contributed by atoms with Gasteiger partial charge in [0.25, 0.3) is 0 Å². The average molecular weight is 330 g/mol. The molecule has 3 heteroatoms. The van der Waals surface area contributed by atoms with Gasteiger partial charge in [0.15, 0.2) is 0 Å². The van der Waals surface area contributed by atoms with Crippen LogP contribution in [0.5, 0.6) is 0 Å². The summed E-state index contributed by atoms with van der Waals surface area (Å²) in [5.74, 6) is 0.922. The average Bonchev–Trinajstić information content (AvgIpc) is 2.63. The third-order valence-corrected chi connectivity index (χ3v) is 5.94. The molecule has 0 bridgehead atoms. The Morgan fingerprint density at radius 3 is 2.61 bits per heavy atom. The second-order valence-corrected chi connectivity index (χ2v) is 7.14. The van der Waals surface area contributed by atoms with Gasteiger partial charge in [0.1, 0.15) is 0 Å². The molecule has 0 amide bonds. The number of halogens is 1. The Kier molecular flexibility index (Phi) is 6.19. The smallest absolute Gasteiger partial charge is 0.0428 e. The normalized spacial score (nSPS) is 19.7. The molecule has 1 aromatic rings. The van der Waals surface area contributed by atoms with Gasteiger partial charge < -0.3 is 5.32 Å². The maximum absolute atomic E-state index is 3.69. The summed E-state index contributed by atoms with van der Waals surface area (Å²) in [6, 6.07) is 2.73. The zero-order valence-corrected chi connectivity index (χ0v) is 13.7. The molecule has 1 aromatic heterocycles. The Balaban J connectivity index is 1.99. The van der Waals surface area contributed by atoms with Gasteiger partial charge in [0, 0.05) is 15.4 Å². The molecule has 18 heavy (non-hydrogen) atoms. The maximum Gasteiger partial charge on any atom is 0.0428 e. The first kappa shape index (κ1) is 14.5. The van der Waals surface area contributed by atoms with Gasteiger partial charge in [0.2, 0.25) is 0 Å². The minimum Gasteiger partial charge on any atom is -0.309 e. The van der Waals surface area contributed by atoms with Crippen LogP contribution in [0.25, 0.3) is 0 Å². The van der Waals surface area contributed by atoms with Crippen LogP contribution in [-0.2, 0) is 0 Å². The van der Waals surface area contributed by atoms with Gasteiger partial charge in [-0.25, -0.2) is 0 Å². The van der Waals surface area contributed by atoms with Crippen molar-refractivity contribution in [1.82, 2.24) is 5.32 Å². The zero-order valence-electron chi connectivity index (χ0n) is 11.3. The SMILES string of the molecule is CCNC(CC1CCCCCC1)c1sccc1Br. The van der Waals surface area contributed by atoms with Gasteiger partial charge in [-0.05, 0) is 46.3 Å². The Bertz CT molecular complexity index is 342. The van der Waals surface area contributed by atoms with Gasteiger partial charge in [-0.2, -0.15) is 0 Å².